The van der Waals surface area contributed by atoms with E-state index in [0.717, 1.165) is 37.0 Å². The first-order valence-corrected chi connectivity index (χ1v) is 10.2. The number of rotatable bonds is 1. The Bertz CT molecular complexity index is 576. The number of fused-ring (bicyclic) bond motifs is 2. The van der Waals surface area contributed by atoms with E-state index in [0.29, 0.717) is 18.9 Å². The lowest BCUT2D eigenvalue weighted by Crippen LogP contribution is -2.57. The molecule has 4 saturated carbocycles. The number of carbonyl (C=O) groups is 1. The van der Waals surface area contributed by atoms with Crippen LogP contribution in [0, 0.1) is 23.2 Å². The van der Waals surface area contributed by atoms with Crippen molar-refractivity contribution in [2.45, 2.75) is 56.2 Å². The molecule has 6 rings (SSSR count). The summed E-state index contributed by atoms with van der Waals surface area (Å²) < 4.78 is 23.8. The zero-order chi connectivity index (χ0) is 14.4. The molecule has 4 aliphatic carbocycles. The van der Waals surface area contributed by atoms with Crippen molar-refractivity contribution < 1.29 is 13.2 Å². The lowest BCUT2D eigenvalue weighted by molar-refractivity contribution is -0.158. The molecule has 116 valence electrons. The summed E-state index contributed by atoms with van der Waals surface area (Å²) >= 11 is 0. The number of amides is 1. The third-order valence-corrected chi connectivity index (χ3v) is 9.27. The zero-order valence-electron chi connectivity index (χ0n) is 12.3. The van der Waals surface area contributed by atoms with E-state index >= 15 is 0 Å². The first-order chi connectivity index (χ1) is 9.95. The maximum absolute atomic E-state index is 13.2. The van der Waals surface area contributed by atoms with Crippen LogP contribution in [0.25, 0.3) is 0 Å². The van der Waals surface area contributed by atoms with Gasteiger partial charge in [-0.15, -0.1) is 0 Å². The molecule has 6 fully saturated rings. The van der Waals surface area contributed by atoms with Crippen LogP contribution in [-0.4, -0.2) is 42.8 Å². The van der Waals surface area contributed by atoms with Gasteiger partial charge in [0.15, 0.2) is 9.84 Å². The Balaban J connectivity index is 1.43. The topological polar surface area (TPSA) is 54.5 Å². The van der Waals surface area contributed by atoms with Crippen molar-refractivity contribution in [2.24, 2.45) is 23.2 Å². The highest BCUT2D eigenvalue weighted by atomic mass is 32.2. The summed E-state index contributed by atoms with van der Waals surface area (Å²) in [6.07, 6.45) is 7.96. The van der Waals surface area contributed by atoms with E-state index in [2.05, 4.69) is 0 Å². The molecule has 2 unspecified atom stereocenters. The van der Waals surface area contributed by atoms with Gasteiger partial charge >= 0.3 is 0 Å². The van der Waals surface area contributed by atoms with Crippen LogP contribution in [-0.2, 0) is 14.6 Å². The zero-order valence-corrected chi connectivity index (χ0v) is 13.1. The fourth-order valence-electron chi connectivity index (χ4n) is 6.62. The van der Waals surface area contributed by atoms with Crippen LogP contribution in [0.3, 0.4) is 0 Å². The van der Waals surface area contributed by atoms with Gasteiger partial charge in [0.25, 0.3) is 0 Å². The van der Waals surface area contributed by atoms with Crippen molar-refractivity contribution in [1.82, 2.24) is 4.90 Å². The fourth-order valence-corrected chi connectivity index (χ4v) is 8.65. The second-order valence-corrected chi connectivity index (χ2v) is 10.8. The lowest BCUT2D eigenvalue weighted by atomic mass is 9.49. The molecule has 2 atom stereocenters. The van der Waals surface area contributed by atoms with Crippen LogP contribution in [0.4, 0.5) is 0 Å². The lowest BCUT2D eigenvalue weighted by Gasteiger charge is -2.56. The van der Waals surface area contributed by atoms with Crippen molar-refractivity contribution in [3.63, 3.8) is 0 Å². The van der Waals surface area contributed by atoms with E-state index in [1.807, 2.05) is 4.90 Å². The molecule has 0 radical (unpaired) electrons. The minimum absolute atomic E-state index is 0.0134. The van der Waals surface area contributed by atoms with E-state index in [-0.39, 0.29) is 22.5 Å². The van der Waals surface area contributed by atoms with E-state index in [4.69, 9.17) is 0 Å². The number of carbonyl (C=O) groups excluding carboxylic acids is 1. The summed E-state index contributed by atoms with van der Waals surface area (Å²) in [5, 5.41) is -0.264. The number of likely N-dealkylation sites (tertiary alicyclic amines) is 1. The number of sulfone groups is 1. The molecule has 0 spiro atoms. The summed E-state index contributed by atoms with van der Waals surface area (Å²) in [7, 11) is -2.90. The maximum Gasteiger partial charge on any atom is 0.229 e. The van der Waals surface area contributed by atoms with Gasteiger partial charge in [0, 0.05) is 12.6 Å². The van der Waals surface area contributed by atoms with Gasteiger partial charge in [-0.2, -0.15) is 0 Å². The molecule has 1 amide bonds. The Hall–Kier alpha value is -0.580. The summed E-state index contributed by atoms with van der Waals surface area (Å²) in [6, 6.07) is -0.0134. The van der Waals surface area contributed by atoms with Crippen LogP contribution in [0.1, 0.15) is 44.9 Å². The van der Waals surface area contributed by atoms with Gasteiger partial charge in [0.2, 0.25) is 5.91 Å². The van der Waals surface area contributed by atoms with Crippen LogP contribution >= 0.6 is 0 Å². The molecule has 0 N–H and O–H groups in total. The van der Waals surface area contributed by atoms with Gasteiger partial charge in [0.05, 0.1) is 16.4 Å². The Labute approximate surface area is 126 Å². The SMILES string of the molecule is O=C(N1CC2CC1CS2(=O)=O)C12CC3CC(CC(C3)C1)C2. The number of hydrogen-bond acceptors (Lipinski definition) is 3. The Kier molecular flexibility index (Phi) is 2.36. The van der Waals surface area contributed by atoms with Crippen molar-refractivity contribution in [2.75, 3.05) is 12.3 Å². The summed E-state index contributed by atoms with van der Waals surface area (Å²) in [5.74, 6) is 2.84. The number of hydrogen-bond donors (Lipinski definition) is 0. The Morgan fingerprint density at radius 1 is 0.952 bits per heavy atom. The van der Waals surface area contributed by atoms with E-state index in [1.54, 1.807) is 0 Å². The Morgan fingerprint density at radius 2 is 1.52 bits per heavy atom. The van der Waals surface area contributed by atoms with Gasteiger partial charge in [-0.1, -0.05) is 0 Å². The molecule has 0 aromatic rings. The smallest absolute Gasteiger partial charge is 0.229 e. The first kappa shape index (κ1) is 12.9. The summed E-state index contributed by atoms with van der Waals surface area (Å²) in [5.41, 5.74) is -0.108. The van der Waals surface area contributed by atoms with Gasteiger partial charge < -0.3 is 4.90 Å². The minimum Gasteiger partial charge on any atom is -0.337 e. The molecular weight excluding hydrogens is 286 g/mol. The van der Waals surface area contributed by atoms with Crippen LogP contribution in [0.5, 0.6) is 0 Å². The average Bonchev–Trinajstić information content (AvgIpc) is 2.91. The maximum atomic E-state index is 13.2. The van der Waals surface area contributed by atoms with Gasteiger partial charge in [-0.3, -0.25) is 4.79 Å². The highest BCUT2D eigenvalue weighted by Crippen LogP contribution is 2.61. The van der Waals surface area contributed by atoms with E-state index < -0.39 is 9.84 Å². The molecule has 5 heteroatoms. The van der Waals surface area contributed by atoms with Gasteiger partial charge in [-0.05, 0) is 62.7 Å². The molecule has 2 aliphatic heterocycles. The number of nitrogens with zero attached hydrogens (tertiary/aromatic N) is 1. The van der Waals surface area contributed by atoms with E-state index in [9.17, 15) is 13.2 Å². The van der Waals surface area contributed by atoms with E-state index in [1.165, 1.54) is 19.3 Å². The highest BCUT2D eigenvalue weighted by Gasteiger charge is 2.59. The molecule has 2 saturated heterocycles. The van der Waals surface area contributed by atoms with Gasteiger partial charge in [-0.25, -0.2) is 8.42 Å². The highest BCUT2D eigenvalue weighted by molar-refractivity contribution is 7.92. The Morgan fingerprint density at radius 3 is 1.95 bits per heavy atom. The molecule has 21 heavy (non-hydrogen) atoms. The average molecular weight is 309 g/mol. The van der Waals surface area contributed by atoms with Crippen molar-refractivity contribution in [1.29, 1.82) is 0 Å². The van der Waals surface area contributed by atoms with Crippen molar-refractivity contribution >= 4 is 15.7 Å². The normalized spacial score (nSPS) is 52.6. The van der Waals surface area contributed by atoms with Crippen molar-refractivity contribution in [3.8, 4) is 0 Å². The molecule has 4 nitrogen and oxygen atoms in total. The quantitative estimate of drug-likeness (QED) is 0.739. The second-order valence-electron chi connectivity index (χ2n) is 8.50. The standard InChI is InChI=1S/C16H23NO3S/c18-15(17-8-14-4-13(17)9-21(14,19)20)16-5-10-1-11(6-16)3-12(2-10)7-16/h10-14H,1-9H2. The van der Waals surface area contributed by atoms with Crippen LogP contribution in [0.2, 0.25) is 0 Å². The predicted octanol–water partition coefficient (Wildman–Crippen LogP) is 1.60. The third kappa shape index (κ3) is 1.67. The predicted molar refractivity (Wildman–Crippen MR) is 78.3 cm³/mol. The molecule has 6 aliphatic rings. The van der Waals surface area contributed by atoms with Crippen molar-refractivity contribution in [3.05, 3.63) is 0 Å². The molecule has 0 aromatic carbocycles. The summed E-state index contributed by atoms with van der Waals surface area (Å²) in [4.78, 5) is 15.2. The molecule has 6 bridgehead atoms. The summed E-state index contributed by atoms with van der Waals surface area (Å²) in [6.45, 7) is 0.480. The van der Waals surface area contributed by atoms with Gasteiger partial charge in [0.1, 0.15) is 0 Å². The minimum atomic E-state index is -2.90. The monoisotopic (exact) mass is 309 g/mol. The second kappa shape index (κ2) is 3.84. The molecule has 0 aromatic heterocycles. The molecule has 2 heterocycles. The largest absolute Gasteiger partial charge is 0.337 e. The van der Waals surface area contributed by atoms with Crippen LogP contribution in [0.15, 0.2) is 0 Å². The third-order valence-electron chi connectivity index (χ3n) is 7.06. The first-order valence-electron chi connectivity index (χ1n) is 8.48. The fraction of sp³-hybridized carbons (Fsp3) is 0.938. The molecular formula is C16H23NO3S. The van der Waals surface area contributed by atoms with Crippen LogP contribution < -0.4 is 0 Å².